The van der Waals surface area contributed by atoms with Crippen LogP contribution < -0.4 is 0 Å². The van der Waals surface area contributed by atoms with E-state index in [0.29, 0.717) is 5.76 Å². The van der Waals surface area contributed by atoms with Gasteiger partial charge in [-0.25, -0.2) is 0 Å². The Balaban J connectivity index is 1.99. The first-order valence-electron chi connectivity index (χ1n) is 5.12. The fraction of sp³-hybridized carbons (Fsp3) is 0.250. The SMILES string of the molecule is C=C1SCCCN1C(=O)/C=C/c1ccco1. The van der Waals surface area contributed by atoms with Crippen LogP contribution in [-0.4, -0.2) is 23.1 Å². The van der Waals surface area contributed by atoms with Crippen molar-refractivity contribution in [1.82, 2.24) is 4.90 Å². The second kappa shape index (κ2) is 5.07. The number of nitrogens with zero attached hydrogens (tertiary/aromatic N) is 1. The van der Waals surface area contributed by atoms with E-state index in [1.165, 1.54) is 6.08 Å². The minimum Gasteiger partial charge on any atom is -0.465 e. The summed E-state index contributed by atoms with van der Waals surface area (Å²) in [5.41, 5.74) is 0. The van der Waals surface area contributed by atoms with Gasteiger partial charge in [-0.15, -0.1) is 11.8 Å². The molecular formula is C12H13NO2S. The van der Waals surface area contributed by atoms with Crippen LogP contribution in [0.5, 0.6) is 0 Å². The maximum atomic E-state index is 11.8. The number of amides is 1. The Morgan fingerprint density at radius 1 is 1.62 bits per heavy atom. The molecule has 0 radical (unpaired) electrons. The molecule has 16 heavy (non-hydrogen) atoms. The maximum absolute atomic E-state index is 11.8. The van der Waals surface area contributed by atoms with Crippen LogP contribution in [0.1, 0.15) is 12.2 Å². The third kappa shape index (κ3) is 2.58. The summed E-state index contributed by atoms with van der Waals surface area (Å²) in [5.74, 6) is 1.70. The quantitative estimate of drug-likeness (QED) is 0.739. The van der Waals surface area contributed by atoms with E-state index >= 15 is 0 Å². The summed E-state index contributed by atoms with van der Waals surface area (Å²) < 4.78 is 5.11. The van der Waals surface area contributed by atoms with E-state index in [9.17, 15) is 4.79 Å². The smallest absolute Gasteiger partial charge is 0.251 e. The third-order valence-electron chi connectivity index (χ3n) is 2.30. The van der Waals surface area contributed by atoms with Gasteiger partial charge in [-0.05, 0) is 24.6 Å². The average molecular weight is 235 g/mol. The van der Waals surface area contributed by atoms with E-state index in [2.05, 4.69) is 6.58 Å². The van der Waals surface area contributed by atoms with Gasteiger partial charge in [0.1, 0.15) is 5.76 Å². The molecule has 3 nitrogen and oxygen atoms in total. The van der Waals surface area contributed by atoms with Gasteiger partial charge in [0.2, 0.25) is 0 Å². The van der Waals surface area contributed by atoms with Gasteiger partial charge in [-0.1, -0.05) is 6.58 Å². The van der Waals surface area contributed by atoms with Crippen molar-refractivity contribution in [2.45, 2.75) is 6.42 Å². The second-order valence-electron chi connectivity index (χ2n) is 3.43. The van der Waals surface area contributed by atoms with Gasteiger partial charge >= 0.3 is 0 Å². The van der Waals surface area contributed by atoms with Crippen LogP contribution in [0.2, 0.25) is 0 Å². The highest BCUT2D eigenvalue weighted by molar-refractivity contribution is 8.03. The van der Waals surface area contributed by atoms with Crippen molar-refractivity contribution in [2.24, 2.45) is 0 Å². The molecule has 1 aliphatic rings. The lowest BCUT2D eigenvalue weighted by molar-refractivity contribution is -0.123. The normalized spacial score (nSPS) is 17.0. The number of hydrogen-bond donors (Lipinski definition) is 0. The number of carbonyl (C=O) groups is 1. The first kappa shape index (κ1) is 11.1. The Morgan fingerprint density at radius 3 is 3.19 bits per heavy atom. The summed E-state index contributed by atoms with van der Waals surface area (Å²) in [6.07, 6.45) is 5.80. The van der Waals surface area contributed by atoms with Crippen LogP contribution in [0, 0.1) is 0 Å². The molecule has 0 spiro atoms. The van der Waals surface area contributed by atoms with Crippen molar-refractivity contribution in [1.29, 1.82) is 0 Å². The van der Waals surface area contributed by atoms with E-state index in [1.54, 1.807) is 35.1 Å². The Labute approximate surface area is 98.8 Å². The topological polar surface area (TPSA) is 33.5 Å². The van der Waals surface area contributed by atoms with Crippen molar-refractivity contribution >= 4 is 23.7 Å². The lowest BCUT2D eigenvalue weighted by Crippen LogP contribution is -2.31. The largest absolute Gasteiger partial charge is 0.465 e. The fourth-order valence-corrected chi connectivity index (χ4v) is 2.32. The lowest BCUT2D eigenvalue weighted by Gasteiger charge is -2.26. The molecular weight excluding hydrogens is 222 g/mol. The zero-order chi connectivity index (χ0) is 11.4. The van der Waals surface area contributed by atoms with Crippen molar-refractivity contribution in [3.05, 3.63) is 41.8 Å². The van der Waals surface area contributed by atoms with Crippen molar-refractivity contribution in [3.63, 3.8) is 0 Å². The highest BCUT2D eigenvalue weighted by Crippen LogP contribution is 2.25. The molecule has 0 atom stereocenters. The monoisotopic (exact) mass is 235 g/mol. The Morgan fingerprint density at radius 2 is 2.50 bits per heavy atom. The van der Waals surface area contributed by atoms with E-state index < -0.39 is 0 Å². The van der Waals surface area contributed by atoms with E-state index in [1.807, 2.05) is 6.07 Å². The molecule has 1 fully saturated rings. The van der Waals surface area contributed by atoms with Gasteiger partial charge in [0.05, 0.1) is 11.3 Å². The summed E-state index contributed by atoms with van der Waals surface area (Å²) in [5, 5.41) is 0.834. The van der Waals surface area contributed by atoms with Crippen LogP contribution in [0.3, 0.4) is 0 Å². The number of carbonyl (C=O) groups excluding carboxylic acids is 1. The number of furan rings is 1. The van der Waals surface area contributed by atoms with Gasteiger partial charge in [0.15, 0.2) is 0 Å². The zero-order valence-corrected chi connectivity index (χ0v) is 9.70. The van der Waals surface area contributed by atoms with Crippen molar-refractivity contribution in [2.75, 3.05) is 12.3 Å². The first-order chi connectivity index (χ1) is 7.77. The lowest BCUT2D eigenvalue weighted by atomic mass is 10.3. The van der Waals surface area contributed by atoms with Crippen LogP contribution >= 0.6 is 11.8 Å². The molecule has 0 bridgehead atoms. The minimum absolute atomic E-state index is 0.0337. The number of hydrogen-bond acceptors (Lipinski definition) is 3. The summed E-state index contributed by atoms with van der Waals surface area (Å²) >= 11 is 1.63. The van der Waals surface area contributed by atoms with Crippen LogP contribution in [0.15, 0.2) is 40.5 Å². The highest BCUT2D eigenvalue weighted by atomic mass is 32.2. The molecule has 0 unspecified atom stereocenters. The summed E-state index contributed by atoms with van der Waals surface area (Å²) in [6, 6.07) is 3.60. The predicted molar refractivity (Wildman–Crippen MR) is 65.7 cm³/mol. The first-order valence-corrected chi connectivity index (χ1v) is 6.11. The molecule has 84 valence electrons. The van der Waals surface area contributed by atoms with Gasteiger partial charge in [0.25, 0.3) is 5.91 Å². The molecule has 1 saturated heterocycles. The van der Waals surface area contributed by atoms with E-state index in [-0.39, 0.29) is 5.91 Å². The molecule has 0 N–H and O–H groups in total. The number of thioether (sulfide) groups is 1. The molecule has 0 aliphatic carbocycles. The fourth-order valence-electron chi connectivity index (χ4n) is 1.48. The Kier molecular flexibility index (Phi) is 3.51. The summed E-state index contributed by atoms with van der Waals surface area (Å²) in [4.78, 5) is 13.5. The molecule has 0 saturated carbocycles. The van der Waals surface area contributed by atoms with Crippen molar-refractivity contribution in [3.8, 4) is 0 Å². The van der Waals surface area contributed by atoms with Crippen LogP contribution in [0.4, 0.5) is 0 Å². The zero-order valence-electron chi connectivity index (χ0n) is 8.89. The average Bonchev–Trinajstić information content (AvgIpc) is 2.79. The molecule has 1 amide bonds. The third-order valence-corrected chi connectivity index (χ3v) is 3.34. The summed E-state index contributed by atoms with van der Waals surface area (Å²) in [7, 11) is 0. The van der Waals surface area contributed by atoms with E-state index in [4.69, 9.17) is 4.42 Å². The number of rotatable bonds is 2. The van der Waals surface area contributed by atoms with Crippen molar-refractivity contribution < 1.29 is 9.21 Å². The Bertz CT molecular complexity index is 409. The highest BCUT2D eigenvalue weighted by Gasteiger charge is 2.18. The van der Waals surface area contributed by atoms with E-state index in [0.717, 1.165) is 23.7 Å². The summed E-state index contributed by atoms with van der Waals surface area (Å²) in [6.45, 7) is 4.63. The Hall–Kier alpha value is -1.42. The van der Waals surface area contributed by atoms with Crippen LogP contribution in [-0.2, 0) is 4.79 Å². The minimum atomic E-state index is -0.0337. The predicted octanol–water partition coefficient (Wildman–Crippen LogP) is 2.73. The second-order valence-corrected chi connectivity index (χ2v) is 4.60. The van der Waals surface area contributed by atoms with Gasteiger partial charge < -0.3 is 9.32 Å². The van der Waals surface area contributed by atoms with Gasteiger partial charge in [0, 0.05) is 18.4 Å². The molecule has 1 aliphatic heterocycles. The molecule has 1 aromatic heterocycles. The molecule has 4 heteroatoms. The molecule has 0 aromatic carbocycles. The molecule has 1 aromatic rings. The maximum Gasteiger partial charge on any atom is 0.251 e. The molecule has 2 rings (SSSR count). The standard InChI is InChI=1S/C12H13NO2S/c1-10-13(7-3-9-16-10)12(14)6-5-11-4-2-8-15-11/h2,4-6,8H,1,3,7,9H2/b6-5+. The van der Waals surface area contributed by atoms with Gasteiger partial charge in [-0.3, -0.25) is 4.79 Å². The van der Waals surface area contributed by atoms with Crippen LogP contribution in [0.25, 0.3) is 6.08 Å². The molecule has 2 heterocycles. The van der Waals surface area contributed by atoms with Gasteiger partial charge in [-0.2, -0.15) is 0 Å².